The fourth-order valence-corrected chi connectivity index (χ4v) is 9.31. The quantitative estimate of drug-likeness (QED) is 0.0303. The summed E-state index contributed by atoms with van der Waals surface area (Å²) in [5.74, 6) is 0. The van der Waals surface area contributed by atoms with Gasteiger partial charge in [0.1, 0.15) is 0 Å². The van der Waals surface area contributed by atoms with Crippen LogP contribution in [0.5, 0.6) is 0 Å². The van der Waals surface area contributed by atoms with Crippen LogP contribution in [0, 0.1) is 13.8 Å². The Balaban J connectivity index is 0.00000698. The first-order chi connectivity index (χ1) is 29.4. The molecule has 0 atom stereocenters. The molecule has 0 saturated carbocycles. The molecule has 0 amide bonds. The van der Waals surface area contributed by atoms with E-state index in [1.807, 2.05) is 0 Å². The maximum Gasteiger partial charge on any atom is 2.00 e. The summed E-state index contributed by atoms with van der Waals surface area (Å²) in [7, 11) is 0. The molecule has 2 nitrogen and oxygen atoms in total. The van der Waals surface area contributed by atoms with Crippen molar-refractivity contribution in [2.24, 2.45) is 0 Å². The number of aryl methyl sites for hydroxylation is 4. The van der Waals surface area contributed by atoms with Gasteiger partial charge in [-0.25, -0.2) is 4.70 Å². The Morgan fingerprint density at radius 3 is 1.00 bits per heavy atom. The standard InChI is InChI=1S/C54H88N2.2C2H5.Ni/c1-9-16-23-29-34-46-41-49(42-47(35-30-24-17-10-2)52(46)38-31-25-18-11-3)54-50(36-22-15-7)43(8)53(56(54)55)48-39-44(32-26-19-12-4)51(37-28-21-14-6)45(40-48)33-27-20-13-5;2*1-2;/h39-42H,9-38H2,1-8H3;2*1H2,2H3;/q;2*-1;+2. The Kier molecular flexibility index (Phi) is 36.2. The first-order valence-corrected chi connectivity index (χ1v) is 26.0. The summed E-state index contributed by atoms with van der Waals surface area (Å²) in [5.41, 5.74) is 29.5. The molecule has 0 fully saturated rings. The molecule has 350 valence electrons. The molecule has 1 aliphatic heterocycles. The topological polar surface area (TPSA) is 25.3 Å². The van der Waals surface area contributed by atoms with Gasteiger partial charge in [-0.05, 0) is 154 Å². The van der Waals surface area contributed by atoms with Crippen LogP contribution < -0.4 is 0 Å². The zero-order valence-corrected chi connectivity index (χ0v) is 43.1. The molecule has 3 rings (SSSR count). The van der Waals surface area contributed by atoms with Crippen molar-refractivity contribution in [1.82, 2.24) is 0 Å². The van der Waals surface area contributed by atoms with E-state index in [2.05, 4.69) is 93.5 Å². The summed E-state index contributed by atoms with van der Waals surface area (Å²) >= 11 is 0. The van der Waals surface area contributed by atoms with E-state index in [-0.39, 0.29) is 16.5 Å². The molecular weight excluding hydrogens is 783 g/mol. The molecule has 2 aromatic rings. The predicted octanol–water partition coefficient (Wildman–Crippen LogP) is 19.3. The first-order valence-electron chi connectivity index (χ1n) is 26.0. The monoisotopic (exact) mass is 881 g/mol. The molecule has 0 bridgehead atoms. The van der Waals surface area contributed by atoms with Gasteiger partial charge >= 0.3 is 16.5 Å². The molecule has 0 radical (unpaired) electrons. The number of nitrogens with zero attached hydrogens (tertiary/aromatic N) is 2. The largest absolute Gasteiger partial charge is 2.00 e. The fourth-order valence-electron chi connectivity index (χ4n) is 9.31. The molecule has 0 aliphatic carbocycles. The number of rotatable bonds is 32. The molecular formula is C58H98N2Ni. The van der Waals surface area contributed by atoms with E-state index in [0.29, 0.717) is 0 Å². The smallest absolute Gasteiger partial charge is 0.493 e. The number of unbranched alkanes of at least 4 members (excludes halogenated alkanes) is 16. The van der Waals surface area contributed by atoms with Crippen molar-refractivity contribution in [2.45, 2.75) is 262 Å². The summed E-state index contributed by atoms with van der Waals surface area (Å²) in [6.45, 7) is 28.6. The molecule has 2 aromatic carbocycles. The molecule has 3 heteroatoms. The van der Waals surface area contributed by atoms with Crippen molar-refractivity contribution in [3.8, 4) is 0 Å². The normalized spacial score (nSPS) is 12.4. The van der Waals surface area contributed by atoms with Gasteiger partial charge < -0.3 is 19.4 Å². The zero-order chi connectivity index (χ0) is 44.5. The van der Waals surface area contributed by atoms with Gasteiger partial charge in [0.2, 0.25) is 11.4 Å². The minimum Gasteiger partial charge on any atom is -0.493 e. The van der Waals surface area contributed by atoms with Gasteiger partial charge in [0.25, 0.3) is 0 Å². The van der Waals surface area contributed by atoms with E-state index in [0.717, 1.165) is 56.3 Å². The Bertz CT molecular complexity index is 1450. The summed E-state index contributed by atoms with van der Waals surface area (Å²) in [5, 5.41) is 0. The Hall–Kier alpha value is -1.99. The van der Waals surface area contributed by atoms with E-state index in [9.17, 15) is 5.53 Å². The summed E-state index contributed by atoms with van der Waals surface area (Å²) < 4.78 is 1.68. The van der Waals surface area contributed by atoms with Gasteiger partial charge in [-0.3, -0.25) is 0 Å². The molecule has 61 heavy (non-hydrogen) atoms. The van der Waals surface area contributed by atoms with Crippen LogP contribution in [0.3, 0.4) is 0 Å². The van der Waals surface area contributed by atoms with Crippen LogP contribution in [0.25, 0.3) is 16.9 Å². The molecule has 0 unspecified atom stereocenters. The summed E-state index contributed by atoms with van der Waals surface area (Å²) in [6, 6.07) is 10.1. The second-order valence-corrected chi connectivity index (χ2v) is 17.6. The number of hydrogen-bond donors (Lipinski definition) is 0. The average Bonchev–Trinajstić information content (AvgIpc) is 3.52. The van der Waals surface area contributed by atoms with Crippen LogP contribution in [0.1, 0.15) is 268 Å². The van der Waals surface area contributed by atoms with Crippen molar-refractivity contribution in [1.29, 1.82) is 0 Å². The summed E-state index contributed by atoms with van der Waals surface area (Å²) in [4.78, 5) is 0. The van der Waals surface area contributed by atoms with Crippen LogP contribution >= 0.6 is 0 Å². The third-order valence-electron chi connectivity index (χ3n) is 12.7. The van der Waals surface area contributed by atoms with Crippen molar-refractivity contribution >= 4 is 11.4 Å². The maximum atomic E-state index is 12.7. The van der Waals surface area contributed by atoms with Gasteiger partial charge in [0, 0.05) is 22.3 Å². The third kappa shape index (κ3) is 20.2. The van der Waals surface area contributed by atoms with Crippen molar-refractivity contribution in [3.05, 3.63) is 99.3 Å². The summed E-state index contributed by atoms with van der Waals surface area (Å²) in [6.07, 6.45) is 37.2. The van der Waals surface area contributed by atoms with Gasteiger partial charge in [-0.1, -0.05) is 151 Å². The van der Waals surface area contributed by atoms with E-state index in [4.69, 9.17) is 0 Å². The SMILES string of the molecule is CCCCCCc1cc(C2=C(CCCC)C(C)=C(c3cc(CCCCC)c(CCCCC)c(CCCCC)c3)[N+]2=[N-])cc(CCCCCC)c1CCCCCC.[CH2-]C.[CH2-]C.[Ni+2]. The molecule has 1 heterocycles. The average molecular weight is 882 g/mol. The first kappa shape index (κ1) is 59.0. The van der Waals surface area contributed by atoms with Gasteiger partial charge in [-0.15, -0.1) is 0 Å². The van der Waals surface area contributed by atoms with Crippen LogP contribution in [0.2, 0.25) is 0 Å². The molecule has 0 aromatic heterocycles. The predicted molar refractivity (Wildman–Crippen MR) is 271 cm³/mol. The van der Waals surface area contributed by atoms with E-state index in [1.165, 1.54) is 170 Å². The van der Waals surface area contributed by atoms with Crippen LogP contribution in [0.15, 0.2) is 35.4 Å². The minimum atomic E-state index is 0. The van der Waals surface area contributed by atoms with Gasteiger partial charge in [0.15, 0.2) is 0 Å². The fraction of sp³-hybridized carbons (Fsp3) is 0.690. The van der Waals surface area contributed by atoms with E-state index in [1.54, 1.807) is 51.9 Å². The second kappa shape index (κ2) is 37.4. The number of hydrogen-bond acceptors (Lipinski definition) is 0. The van der Waals surface area contributed by atoms with Gasteiger partial charge in [-0.2, -0.15) is 13.8 Å². The molecule has 0 saturated heterocycles. The molecule has 1 aliphatic rings. The van der Waals surface area contributed by atoms with Crippen LogP contribution in [0.4, 0.5) is 0 Å². The Morgan fingerprint density at radius 2 is 0.656 bits per heavy atom. The third-order valence-corrected chi connectivity index (χ3v) is 12.7. The van der Waals surface area contributed by atoms with Crippen LogP contribution in [-0.2, 0) is 55.0 Å². The van der Waals surface area contributed by atoms with Crippen molar-refractivity contribution < 1.29 is 21.2 Å². The minimum absolute atomic E-state index is 0. The zero-order valence-electron chi connectivity index (χ0n) is 42.1. The number of allylic oxidation sites excluding steroid dienone is 2. The van der Waals surface area contributed by atoms with Crippen LogP contribution in [-0.4, -0.2) is 4.70 Å². The Morgan fingerprint density at radius 1 is 0.377 bits per heavy atom. The number of benzene rings is 2. The van der Waals surface area contributed by atoms with Crippen molar-refractivity contribution in [3.63, 3.8) is 0 Å². The molecule has 0 spiro atoms. The molecule has 0 N–H and O–H groups in total. The van der Waals surface area contributed by atoms with Gasteiger partial charge in [0.05, 0.1) is 0 Å². The second-order valence-electron chi connectivity index (χ2n) is 17.6. The van der Waals surface area contributed by atoms with E-state index < -0.39 is 0 Å². The van der Waals surface area contributed by atoms with E-state index >= 15 is 0 Å². The maximum absolute atomic E-state index is 12.7. The Labute approximate surface area is 391 Å². The van der Waals surface area contributed by atoms with Crippen molar-refractivity contribution in [2.75, 3.05) is 0 Å².